The number of ether oxygens (including phenoxy) is 1. The number of pyridine rings is 1. The van der Waals surface area contributed by atoms with Gasteiger partial charge in [-0.05, 0) is 42.6 Å². The zero-order valence-electron chi connectivity index (χ0n) is 20.0. The molecule has 5 rings (SSSR count). The molecule has 0 radical (unpaired) electrons. The first-order valence-electron chi connectivity index (χ1n) is 12.2. The molecular weight excluding hydrogens is 445 g/mol. The van der Waals surface area contributed by atoms with Crippen molar-refractivity contribution in [1.82, 2.24) is 9.47 Å². The third kappa shape index (κ3) is 4.73. The van der Waals surface area contributed by atoms with E-state index in [9.17, 15) is 9.59 Å². The molecule has 2 aliphatic rings. The molecular formula is C28H30FN3O3. The summed E-state index contributed by atoms with van der Waals surface area (Å²) < 4.78 is 22.7. The van der Waals surface area contributed by atoms with Crippen LogP contribution in [0.25, 0.3) is 17.0 Å². The van der Waals surface area contributed by atoms with Crippen LogP contribution in [0.5, 0.6) is 0 Å². The van der Waals surface area contributed by atoms with Crippen molar-refractivity contribution in [2.24, 2.45) is 0 Å². The maximum atomic E-state index is 15.2. The van der Waals surface area contributed by atoms with Gasteiger partial charge in [0.15, 0.2) is 0 Å². The van der Waals surface area contributed by atoms with Crippen LogP contribution in [0.1, 0.15) is 47.3 Å². The van der Waals surface area contributed by atoms with E-state index in [2.05, 4.69) is 18.4 Å². The number of nitrogens with zero attached hydrogens (tertiary/aromatic N) is 3. The number of anilines is 1. The summed E-state index contributed by atoms with van der Waals surface area (Å²) in [5.74, 6) is -1.13. The normalized spacial score (nSPS) is 16.5. The summed E-state index contributed by atoms with van der Waals surface area (Å²) in [5.41, 5.74) is 2.41. The monoisotopic (exact) mass is 475 g/mol. The Morgan fingerprint density at radius 3 is 2.49 bits per heavy atom. The van der Waals surface area contributed by atoms with Crippen molar-refractivity contribution in [3.63, 3.8) is 0 Å². The highest BCUT2D eigenvalue weighted by Gasteiger charge is 2.29. The summed E-state index contributed by atoms with van der Waals surface area (Å²) >= 11 is 0. The number of fused-ring (bicyclic) bond motifs is 1. The lowest BCUT2D eigenvalue weighted by Gasteiger charge is -2.35. The van der Waals surface area contributed by atoms with Crippen LogP contribution < -0.4 is 10.3 Å². The van der Waals surface area contributed by atoms with Gasteiger partial charge in [0.2, 0.25) is 5.43 Å². The number of likely N-dealkylation sites (N-methyl/N-ethyl adjacent to an activating group) is 1. The largest absolute Gasteiger partial charge is 0.457 e. The van der Waals surface area contributed by atoms with Gasteiger partial charge in [0.25, 0.3) is 0 Å². The number of rotatable bonds is 7. The summed E-state index contributed by atoms with van der Waals surface area (Å²) in [6.45, 7) is 10.1. The lowest BCUT2D eigenvalue weighted by molar-refractivity contribution is 0.0470. The maximum absolute atomic E-state index is 15.2. The highest BCUT2D eigenvalue weighted by molar-refractivity contribution is 5.94. The van der Waals surface area contributed by atoms with Gasteiger partial charge in [-0.1, -0.05) is 43.8 Å². The number of hydrogen-bond acceptors (Lipinski definition) is 5. The topological polar surface area (TPSA) is 54.8 Å². The summed E-state index contributed by atoms with van der Waals surface area (Å²) in [4.78, 5) is 30.5. The summed E-state index contributed by atoms with van der Waals surface area (Å²) in [6, 6.07) is 10.7. The van der Waals surface area contributed by atoms with Crippen LogP contribution in [0.4, 0.5) is 10.1 Å². The highest BCUT2D eigenvalue weighted by atomic mass is 19.1. The molecule has 0 bridgehead atoms. The van der Waals surface area contributed by atoms with Crippen LogP contribution in [-0.2, 0) is 11.3 Å². The first-order chi connectivity index (χ1) is 17.0. The Balaban J connectivity index is 1.45. The number of halogens is 1. The number of piperazine rings is 1. The maximum Gasteiger partial charge on any atom is 0.343 e. The molecule has 1 saturated carbocycles. The first-order valence-corrected chi connectivity index (χ1v) is 12.2. The van der Waals surface area contributed by atoms with E-state index >= 15 is 4.39 Å². The van der Waals surface area contributed by atoms with Crippen molar-refractivity contribution in [2.75, 3.05) is 37.6 Å². The van der Waals surface area contributed by atoms with Crippen LogP contribution in [0, 0.1) is 5.82 Å². The van der Waals surface area contributed by atoms with Crippen LogP contribution in [-0.4, -0.2) is 48.2 Å². The zero-order chi connectivity index (χ0) is 24.5. The van der Waals surface area contributed by atoms with Gasteiger partial charge >= 0.3 is 5.97 Å². The molecule has 1 saturated heterocycles. The van der Waals surface area contributed by atoms with Crippen molar-refractivity contribution in [2.45, 2.75) is 32.4 Å². The van der Waals surface area contributed by atoms with E-state index in [1.165, 1.54) is 6.07 Å². The van der Waals surface area contributed by atoms with Crippen molar-refractivity contribution in [3.05, 3.63) is 81.9 Å². The van der Waals surface area contributed by atoms with Crippen molar-refractivity contribution in [3.8, 4) is 0 Å². The molecule has 3 aromatic rings. The minimum absolute atomic E-state index is 0.0498. The fraction of sp³-hybridized carbons (Fsp3) is 0.357. The lowest BCUT2D eigenvalue weighted by Crippen LogP contribution is -2.46. The number of esters is 1. The van der Waals surface area contributed by atoms with Gasteiger partial charge in [-0.25, -0.2) is 9.18 Å². The average Bonchev–Trinajstić information content (AvgIpc) is 3.73. The number of aromatic nitrogens is 1. The summed E-state index contributed by atoms with van der Waals surface area (Å²) in [6.07, 6.45) is 5.26. The number of benzene rings is 2. The van der Waals surface area contributed by atoms with E-state index in [0.717, 1.165) is 56.7 Å². The predicted octanol–water partition coefficient (Wildman–Crippen LogP) is 4.62. The Kier molecular flexibility index (Phi) is 6.43. The Bertz CT molecular complexity index is 1320. The average molecular weight is 476 g/mol. The standard InChI is InChI=1S/C28H30FN3O3/c1-3-19-5-7-20(8-6-19)18-35-28(34)23-17-32(21-9-10-21)25-16-26(24(29)15-22(25)27(23)33)31-13-11-30(4-2)12-14-31/h3,5-8,15-17,21H,1,4,9-14,18H2,2H3. The predicted molar refractivity (Wildman–Crippen MR) is 136 cm³/mol. The van der Waals surface area contributed by atoms with E-state index in [0.29, 0.717) is 11.2 Å². The molecule has 35 heavy (non-hydrogen) atoms. The highest BCUT2D eigenvalue weighted by Crippen LogP contribution is 2.38. The van der Waals surface area contributed by atoms with Gasteiger partial charge in [0, 0.05) is 43.8 Å². The molecule has 0 N–H and O–H groups in total. The van der Waals surface area contributed by atoms with E-state index in [-0.39, 0.29) is 23.6 Å². The SMILES string of the molecule is C=Cc1ccc(COC(=O)c2cn(C3CC3)c3cc(N4CCN(CC)CC4)c(F)cc3c2=O)cc1. The zero-order valence-corrected chi connectivity index (χ0v) is 20.0. The molecule has 2 aromatic carbocycles. The molecule has 2 heterocycles. The van der Waals surface area contributed by atoms with Gasteiger partial charge < -0.3 is 19.1 Å². The van der Waals surface area contributed by atoms with Gasteiger partial charge in [0.1, 0.15) is 18.0 Å². The second-order valence-electron chi connectivity index (χ2n) is 9.27. The third-order valence-corrected chi connectivity index (χ3v) is 7.01. The van der Waals surface area contributed by atoms with Crippen LogP contribution in [0.3, 0.4) is 0 Å². The van der Waals surface area contributed by atoms with Crippen LogP contribution in [0.15, 0.2) is 54.0 Å². The lowest BCUT2D eigenvalue weighted by atomic mass is 10.1. The molecule has 1 aromatic heterocycles. The van der Waals surface area contributed by atoms with Gasteiger partial charge in [-0.15, -0.1) is 0 Å². The van der Waals surface area contributed by atoms with Crippen molar-refractivity contribution < 1.29 is 13.9 Å². The second kappa shape index (κ2) is 9.66. The van der Waals surface area contributed by atoms with E-state index in [1.54, 1.807) is 18.3 Å². The molecule has 1 aliphatic carbocycles. The Morgan fingerprint density at radius 2 is 1.86 bits per heavy atom. The molecule has 1 aliphatic heterocycles. The second-order valence-corrected chi connectivity index (χ2v) is 9.27. The fourth-order valence-corrected chi connectivity index (χ4v) is 4.68. The van der Waals surface area contributed by atoms with Crippen molar-refractivity contribution in [1.29, 1.82) is 0 Å². The van der Waals surface area contributed by atoms with E-state index in [1.807, 2.05) is 33.7 Å². The minimum Gasteiger partial charge on any atom is -0.457 e. The first kappa shape index (κ1) is 23.3. The third-order valence-electron chi connectivity index (χ3n) is 7.01. The Hall–Kier alpha value is -3.45. The van der Waals surface area contributed by atoms with Crippen molar-refractivity contribution >= 4 is 28.6 Å². The van der Waals surface area contributed by atoms with Gasteiger partial charge in [-0.2, -0.15) is 0 Å². The smallest absolute Gasteiger partial charge is 0.343 e. The number of carbonyl (C=O) groups is 1. The molecule has 0 atom stereocenters. The van der Waals surface area contributed by atoms with E-state index < -0.39 is 17.2 Å². The summed E-state index contributed by atoms with van der Waals surface area (Å²) in [7, 11) is 0. The fourth-order valence-electron chi connectivity index (χ4n) is 4.68. The molecule has 0 spiro atoms. The molecule has 7 heteroatoms. The number of hydrogen-bond donors (Lipinski definition) is 0. The molecule has 182 valence electrons. The summed E-state index contributed by atoms with van der Waals surface area (Å²) in [5, 5.41) is 0.218. The molecule has 2 fully saturated rings. The Morgan fingerprint density at radius 1 is 1.14 bits per heavy atom. The van der Waals surface area contributed by atoms with E-state index in [4.69, 9.17) is 4.74 Å². The Labute approximate surface area is 204 Å². The minimum atomic E-state index is -0.695. The molecule has 0 unspecified atom stereocenters. The quantitative estimate of drug-likeness (QED) is 0.467. The number of carbonyl (C=O) groups excluding carboxylic acids is 1. The van der Waals surface area contributed by atoms with Crippen LogP contribution in [0.2, 0.25) is 0 Å². The van der Waals surface area contributed by atoms with Gasteiger partial charge in [-0.3, -0.25) is 4.79 Å². The molecule has 6 nitrogen and oxygen atoms in total. The van der Waals surface area contributed by atoms with Gasteiger partial charge in [0.05, 0.1) is 11.2 Å². The van der Waals surface area contributed by atoms with Crippen LogP contribution >= 0.6 is 0 Å². The molecule has 0 amide bonds.